The minimum atomic E-state index is -0.384. The molecular formula is C15H20N4O3S. The molecule has 2 aromatic rings. The highest BCUT2D eigenvalue weighted by molar-refractivity contribution is 7.13. The standard InChI is InChI=1S/C15H20N4O3S/c1-9(2)8-21-14-17-11(7-12(18-14)22-10(3)4)13(20)19-15-16-5-6-23-15/h5-7,9-10H,8H2,1-4H3,(H,16,19,20). The lowest BCUT2D eigenvalue weighted by atomic mass is 10.2. The number of amides is 1. The van der Waals surface area contributed by atoms with Gasteiger partial charge in [-0.3, -0.25) is 10.1 Å². The second-order valence-electron chi connectivity index (χ2n) is 5.54. The predicted octanol–water partition coefficient (Wildman–Crippen LogP) is 3.01. The number of thiazole rings is 1. The zero-order chi connectivity index (χ0) is 16.8. The van der Waals surface area contributed by atoms with Crippen molar-refractivity contribution in [3.63, 3.8) is 0 Å². The predicted molar refractivity (Wildman–Crippen MR) is 88.2 cm³/mol. The molecule has 0 aliphatic rings. The van der Waals surface area contributed by atoms with Crippen molar-refractivity contribution in [3.05, 3.63) is 23.3 Å². The third-order valence-electron chi connectivity index (χ3n) is 2.47. The van der Waals surface area contributed by atoms with Gasteiger partial charge in [0, 0.05) is 17.6 Å². The van der Waals surface area contributed by atoms with Crippen LogP contribution < -0.4 is 14.8 Å². The van der Waals surface area contributed by atoms with E-state index in [0.29, 0.717) is 23.5 Å². The monoisotopic (exact) mass is 336 g/mol. The van der Waals surface area contributed by atoms with Crippen LogP contribution in [0.25, 0.3) is 0 Å². The SMILES string of the molecule is CC(C)COc1nc(OC(C)C)cc(C(=O)Nc2nccs2)n1. The number of hydrogen-bond acceptors (Lipinski definition) is 7. The maximum absolute atomic E-state index is 12.3. The van der Waals surface area contributed by atoms with Gasteiger partial charge in [-0.25, -0.2) is 4.98 Å². The van der Waals surface area contributed by atoms with Crippen LogP contribution in [0.1, 0.15) is 38.2 Å². The van der Waals surface area contributed by atoms with Crippen LogP contribution in [0.2, 0.25) is 0 Å². The van der Waals surface area contributed by atoms with Gasteiger partial charge in [0.1, 0.15) is 5.69 Å². The maximum atomic E-state index is 12.3. The van der Waals surface area contributed by atoms with Gasteiger partial charge < -0.3 is 9.47 Å². The number of aromatic nitrogens is 3. The quantitative estimate of drug-likeness (QED) is 0.836. The van der Waals surface area contributed by atoms with Crippen molar-refractivity contribution in [2.24, 2.45) is 5.92 Å². The number of anilines is 1. The van der Waals surface area contributed by atoms with Gasteiger partial charge in [0.15, 0.2) is 5.13 Å². The molecule has 0 spiro atoms. The van der Waals surface area contributed by atoms with Crippen molar-refractivity contribution in [2.75, 3.05) is 11.9 Å². The molecule has 0 aliphatic carbocycles. The van der Waals surface area contributed by atoms with E-state index in [9.17, 15) is 4.79 Å². The summed E-state index contributed by atoms with van der Waals surface area (Å²) in [5.74, 6) is 0.240. The summed E-state index contributed by atoms with van der Waals surface area (Å²) in [5.41, 5.74) is 0.171. The molecule has 2 aromatic heterocycles. The number of carbonyl (C=O) groups is 1. The van der Waals surface area contributed by atoms with Crippen molar-refractivity contribution in [1.29, 1.82) is 0 Å². The first kappa shape index (κ1) is 17.1. The Morgan fingerprint density at radius 3 is 2.70 bits per heavy atom. The van der Waals surface area contributed by atoms with E-state index in [1.807, 2.05) is 27.7 Å². The summed E-state index contributed by atoms with van der Waals surface area (Å²) in [6.45, 7) is 8.26. The highest BCUT2D eigenvalue weighted by atomic mass is 32.1. The fraction of sp³-hybridized carbons (Fsp3) is 0.467. The van der Waals surface area contributed by atoms with Crippen molar-refractivity contribution in [1.82, 2.24) is 15.0 Å². The lowest BCUT2D eigenvalue weighted by Crippen LogP contribution is -2.17. The van der Waals surface area contributed by atoms with Gasteiger partial charge in [0.25, 0.3) is 5.91 Å². The molecule has 0 bridgehead atoms. The molecule has 0 radical (unpaired) electrons. The Hall–Kier alpha value is -2.22. The first-order valence-corrected chi connectivity index (χ1v) is 8.21. The Morgan fingerprint density at radius 2 is 2.09 bits per heavy atom. The van der Waals surface area contributed by atoms with Crippen molar-refractivity contribution in [2.45, 2.75) is 33.8 Å². The maximum Gasteiger partial charge on any atom is 0.320 e. The molecule has 124 valence electrons. The van der Waals surface area contributed by atoms with E-state index in [1.54, 1.807) is 11.6 Å². The topological polar surface area (TPSA) is 86.2 Å². The smallest absolute Gasteiger partial charge is 0.320 e. The summed E-state index contributed by atoms with van der Waals surface area (Å²) in [4.78, 5) is 24.6. The van der Waals surface area contributed by atoms with Gasteiger partial charge >= 0.3 is 6.01 Å². The number of hydrogen-bond donors (Lipinski definition) is 1. The Morgan fingerprint density at radius 1 is 1.30 bits per heavy atom. The summed E-state index contributed by atoms with van der Waals surface area (Å²) >= 11 is 1.33. The Bertz CT molecular complexity index is 644. The molecule has 0 atom stereocenters. The van der Waals surface area contributed by atoms with Crippen LogP contribution in [-0.4, -0.2) is 33.6 Å². The van der Waals surface area contributed by atoms with Crippen molar-refractivity contribution >= 4 is 22.4 Å². The van der Waals surface area contributed by atoms with Crippen molar-refractivity contribution in [3.8, 4) is 11.9 Å². The molecule has 2 heterocycles. The van der Waals surface area contributed by atoms with Gasteiger partial charge in [-0.15, -0.1) is 11.3 Å². The number of carbonyl (C=O) groups excluding carboxylic acids is 1. The van der Waals surface area contributed by atoms with Crippen molar-refractivity contribution < 1.29 is 14.3 Å². The fourth-order valence-electron chi connectivity index (χ4n) is 1.57. The van der Waals surface area contributed by atoms with E-state index < -0.39 is 0 Å². The molecule has 1 N–H and O–H groups in total. The normalized spacial score (nSPS) is 10.9. The van der Waals surface area contributed by atoms with Gasteiger partial charge in [0.05, 0.1) is 12.7 Å². The molecule has 0 unspecified atom stereocenters. The zero-order valence-corrected chi connectivity index (χ0v) is 14.4. The molecule has 0 fully saturated rings. The van der Waals surface area contributed by atoms with E-state index in [4.69, 9.17) is 9.47 Å². The van der Waals surface area contributed by atoms with Gasteiger partial charge in [-0.1, -0.05) is 13.8 Å². The molecule has 2 rings (SSSR count). The fourth-order valence-corrected chi connectivity index (χ4v) is 2.10. The summed E-state index contributed by atoms with van der Waals surface area (Å²) < 4.78 is 11.1. The molecule has 0 aliphatic heterocycles. The largest absolute Gasteiger partial charge is 0.475 e. The average molecular weight is 336 g/mol. The van der Waals surface area contributed by atoms with Crippen LogP contribution in [0.4, 0.5) is 5.13 Å². The van der Waals surface area contributed by atoms with E-state index in [-0.39, 0.29) is 23.7 Å². The third-order valence-corrected chi connectivity index (χ3v) is 3.16. The summed E-state index contributed by atoms with van der Waals surface area (Å²) in [6.07, 6.45) is 1.54. The van der Waals surface area contributed by atoms with E-state index in [1.165, 1.54) is 17.4 Å². The average Bonchev–Trinajstić information content (AvgIpc) is 2.97. The molecule has 7 nitrogen and oxygen atoms in total. The van der Waals surface area contributed by atoms with E-state index >= 15 is 0 Å². The number of nitrogens with one attached hydrogen (secondary N) is 1. The highest BCUT2D eigenvalue weighted by Crippen LogP contribution is 2.18. The van der Waals surface area contributed by atoms with E-state index in [0.717, 1.165) is 0 Å². The minimum absolute atomic E-state index is 0.0716. The molecule has 23 heavy (non-hydrogen) atoms. The Balaban J connectivity index is 2.21. The lowest BCUT2D eigenvalue weighted by Gasteiger charge is -2.12. The zero-order valence-electron chi connectivity index (χ0n) is 13.6. The van der Waals surface area contributed by atoms with E-state index in [2.05, 4.69) is 20.3 Å². The minimum Gasteiger partial charge on any atom is -0.475 e. The van der Waals surface area contributed by atoms with Gasteiger partial charge in [0.2, 0.25) is 5.88 Å². The van der Waals surface area contributed by atoms with Crippen LogP contribution >= 0.6 is 11.3 Å². The Labute approximate surface area is 139 Å². The molecular weight excluding hydrogens is 316 g/mol. The van der Waals surface area contributed by atoms with Crippen LogP contribution in [0.15, 0.2) is 17.6 Å². The molecule has 1 amide bonds. The van der Waals surface area contributed by atoms with Crippen LogP contribution in [0.5, 0.6) is 11.9 Å². The summed E-state index contributed by atoms with van der Waals surface area (Å²) in [5, 5.41) is 4.96. The number of rotatable bonds is 7. The first-order valence-electron chi connectivity index (χ1n) is 7.33. The lowest BCUT2D eigenvalue weighted by molar-refractivity contribution is 0.101. The van der Waals surface area contributed by atoms with Gasteiger partial charge in [-0.05, 0) is 19.8 Å². The summed E-state index contributed by atoms with van der Waals surface area (Å²) in [7, 11) is 0. The highest BCUT2D eigenvalue weighted by Gasteiger charge is 2.15. The molecule has 8 heteroatoms. The number of nitrogens with zero attached hydrogens (tertiary/aromatic N) is 3. The Kier molecular flexibility index (Phi) is 5.86. The molecule has 0 saturated heterocycles. The molecule has 0 saturated carbocycles. The second kappa shape index (κ2) is 7.87. The second-order valence-corrected chi connectivity index (χ2v) is 6.43. The van der Waals surface area contributed by atoms with Crippen LogP contribution in [-0.2, 0) is 0 Å². The third kappa shape index (κ3) is 5.48. The number of ether oxygens (including phenoxy) is 2. The van der Waals surface area contributed by atoms with Gasteiger partial charge in [-0.2, -0.15) is 9.97 Å². The van der Waals surface area contributed by atoms with Crippen LogP contribution in [0.3, 0.4) is 0 Å². The molecule has 0 aromatic carbocycles. The first-order chi connectivity index (χ1) is 10.9. The van der Waals surface area contributed by atoms with Crippen LogP contribution in [0, 0.1) is 5.92 Å². The summed E-state index contributed by atoms with van der Waals surface area (Å²) in [6, 6.07) is 1.62.